The van der Waals surface area contributed by atoms with Crippen LogP contribution in [0.4, 0.5) is 10.5 Å². The normalized spacial score (nSPS) is 22.9. The van der Waals surface area contributed by atoms with Gasteiger partial charge in [0.1, 0.15) is 5.75 Å². The molecule has 0 saturated carbocycles. The summed E-state index contributed by atoms with van der Waals surface area (Å²) in [6.45, 7) is 7.49. The molecule has 3 amide bonds. The first-order valence-electron chi connectivity index (χ1n) is 10.2. The SMILES string of the molecule is CCOCCN1C(=O)C2C(N=C3N(c4ccc(OCC)cc4)C(C)=CN32)N(C)C1=O. The van der Waals surface area contributed by atoms with Gasteiger partial charge >= 0.3 is 6.03 Å². The van der Waals surface area contributed by atoms with Crippen LogP contribution in [0.15, 0.2) is 41.2 Å². The standard InChI is InChI=1S/C21H27N5O4/c1-5-29-12-11-24-19(27)17-18(23(4)21(24)28)22-20-25(17)13-14(3)26(20)15-7-9-16(10-8-15)30-6-2/h7-10,13,17-18H,5-6,11-12H2,1-4H3. The number of nitrogens with zero attached hydrogens (tertiary/aromatic N) is 5. The van der Waals surface area contributed by atoms with Crippen LogP contribution < -0.4 is 9.64 Å². The lowest BCUT2D eigenvalue weighted by Crippen LogP contribution is -2.64. The Kier molecular flexibility index (Phi) is 5.38. The van der Waals surface area contributed by atoms with E-state index in [2.05, 4.69) is 0 Å². The minimum absolute atomic E-state index is 0.230. The van der Waals surface area contributed by atoms with E-state index in [-0.39, 0.29) is 18.5 Å². The number of anilines is 1. The van der Waals surface area contributed by atoms with Gasteiger partial charge in [-0.25, -0.2) is 9.79 Å². The molecule has 1 saturated heterocycles. The number of likely N-dealkylation sites (N-methyl/N-ethyl adjacent to an activating group) is 1. The lowest BCUT2D eigenvalue weighted by Gasteiger charge is -2.40. The second kappa shape index (κ2) is 7.98. The van der Waals surface area contributed by atoms with Gasteiger partial charge in [-0.3, -0.25) is 14.6 Å². The molecule has 0 radical (unpaired) electrons. The fourth-order valence-corrected chi connectivity index (χ4v) is 4.04. The molecular weight excluding hydrogens is 386 g/mol. The first-order chi connectivity index (χ1) is 14.5. The van der Waals surface area contributed by atoms with Crippen LogP contribution in [-0.4, -0.2) is 78.2 Å². The number of amides is 3. The Labute approximate surface area is 176 Å². The van der Waals surface area contributed by atoms with Gasteiger partial charge in [-0.1, -0.05) is 0 Å². The lowest BCUT2D eigenvalue weighted by molar-refractivity contribution is -0.137. The second-order valence-electron chi connectivity index (χ2n) is 7.31. The highest BCUT2D eigenvalue weighted by Gasteiger charge is 2.54. The summed E-state index contributed by atoms with van der Waals surface area (Å²) in [4.78, 5) is 37.4. The van der Waals surface area contributed by atoms with E-state index >= 15 is 0 Å². The fraction of sp³-hybridized carbons (Fsp3) is 0.476. The van der Waals surface area contributed by atoms with Crippen molar-refractivity contribution in [1.82, 2.24) is 14.7 Å². The molecule has 9 heteroatoms. The third-order valence-electron chi connectivity index (χ3n) is 5.46. The molecule has 2 atom stereocenters. The van der Waals surface area contributed by atoms with E-state index in [4.69, 9.17) is 14.5 Å². The van der Waals surface area contributed by atoms with E-state index in [1.54, 1.807) is 7.05 Å². The number of fused-ring (bicyclic) bond motifs is 3. The maximum atomic E-state index is 13.2. The first kappa shape index (κ1) is 20.2. The monoisotopic (exact) mass is 413 g/mol. The number of ether oxygens (including phenoxy) is 2. The van der Waals surface area contributed by atoms with E-state index in [1.807, 2.05) is 61.0 Å². The van der Waals surface area contributed by atoms with Gasteiger partial charge in [0, 0.05) is 31.2 Å². The van der Waals surface area contributed by atoms with E-state index in [0.717, 1.165) is 17.1 Å². The minimum atomic E-state index is -0.577. The fourth-order valence-electron chi connectivity index (χ4n) is 4.04. The van der Waals surface area contributed by atoms with Crippen LogP contribution in [0.25, 0.3) is 0 Å². The molecule has 0 spiro atoms. The number of allylic oxidation sites excluding steroid dienone is 1. The molecule has 9 nitrogen and oxygen atoms in total. The Hall–Kier alpha value is -3.07. The van der Waals surface area contributed by atoms with Crippen molar-refractivity contribution in [3.05, 3.63) is 36.2 Å². The Morgan fingerprint density at radius 2 is 1.83 bits per heavy atom. The van der Waals surface area contributed by atoms with Crippen molar-refractivity contribution in [2.75, 3.05) is 38.3 Å². The van der Waals surface area contributed by atoms with Crippen molar-refractivity contribution >= 4 is 23.6 Å². The van der Waals surface area contributed by atoms with E-state index < -0.39 is 12.2 Å². The van der Waals surface area contributed by atoms with Crippen molar-refractivity contribution in [2.24, 2.45) is 4.99 Å². The summed E-state index contributed by atoms with van der Waals surface area (Å²) in [5, 5.41) is 0. The average Bonchev–Trinajstić information content (AvgIpc) is 3.24. The second-order valence-corrected chi connectivity index (χ2v) is 7.31. The highest BCUT2D eigenvalue weighted by molar-refractivity contribution is 6.09. The van der Waals surface area contributed by atoms with Gasteiger partial charge < -0.3 is 19.3 Å². The Balaban J connectivity index is 1.60. The molecule has 1 fully saturated rings. The Bertz CT molecular complexity index is 897. The van der Waals surface area contributed by atoms with Gasteiger partial charge in [-0.2, -0.15) is 0 Å². The zero-order valence-corrected chi connectivity index (χ0v) is 17.7. The molecule has 0 bridgehead atoms. The first-order valence-corrected chi connectivity index (χ1v) is 10.2. The summed E-state index contributed by atoms with van der Waals surface area (Å²) >= 11 is 0. The maximum absolute atomic E-state index is 13.2. The highest BCUT2D eigenvalue weighted by Crippen LogP contribution is 2.36. The molecule has 3 heterocycles. The summed E-state index contributed by atoms with van der Waals surface area (Å²) in [6, 6.07) is 6.82. The number of rotatable bonds is 7. The smallest absolute Gasteiger partial charge is 0.328 e. The minimum Gasteiger partial charge on any atom is -0.494 e. The third-order valence-corrected chi connectivity index (χ3v) is 5.46. The number of guanidine groups is 1. The predicted molar refractivity (Wildman–Crippen MR) is 112 cm³/mol. The largest absolute Gasteiger partial charge is 0.494 e. The van der Waals surface area contributed by atoms with E-state index in [9.17, 15) is 9.59 Å². The summed E-state index contributed by atoms with van der Waals surface area (Å²) in [6.07, 6.45) is 1.36. The van der Waals surface area contributed by atoms with E-state index in [0.29, 0.717) is 25.8 Å². The number of aliphatic imine (C=N–C) groups is 1. The Morgan fingerprint density at radius 1 is 1.10 bits per heavy atom. The summed E-state index contributed by atoms with van der Waals surface area (Å²) < 4.78 is 10.9. The molecule has 160 valence electrons. The third kappa shape index (κ3) is 3.19. The van der Waals surface area contributed by atoms with Gasteiger partial charge in [0.25, 0.3) is 5.91 Å². The number of hydrogen-bond acceptors (Lipinski definition) is 7. The zero-order valence-electron chi connectivity index (χ0n) is 17.7. The summed E-state index contributed by atoms with van der Waals surface area (Å²) in [7, 11) is 1.68. The molecule has 0 aliphatic carbocycles. The van der Waals surface area contributed by atoms with Crippen molar-refractivity contribution in [3.8, 4) is 5.75 Å². The highest BCUT2D eigenvalue weighted by atomic mass is 16.5. The molecule has 4 rings (SSSR count). The van der Waals surface area contributed by atoms with Crippen LogP contribution in [0.2, 0.25) is 0 Å². The molecule has 2 unspecified atom stereocenters. The van der Waals surface area contributed by atoms with Crippen molar-refractivity contribution in [3.63, 3.8) is 0 Å². The molecule has 1 aromatic carbocycles. The predicted octanol–water partition coefficient (Wildman–Crippen LogP) is 2.06. The van der Waals surface area contributed by atoms with Crippen molar-refractivity contribution in [2.45, 2.75) is 33.0 Å². The number of urea groups is 1. The molecule has 3 aliphatic rings. The summed E-state index contributed by atoms with van der Waals surface area (Å²) in [5.41, 5.74) is 1.87. The van der Waals surface area contributed by atoms with E-state index in [1.165, 1.54) is 9.80 Å². The average molecular weight is 413 g/mol. The van der Waals surface area contributed by atoms with Crippen LogP contribution in [0.5, 0.6) is 5.75 Å². The lowest BCUT2D eigenvalue weighted by atomic mass is 10.1. The zero-order chi connectivity index (χ0) is 21.4. The van der Waals surface area contributed by atoms with Crippen LogP contribution >= 0.6 is 0 Å². The molecular formula is C21H27N5O4. The van der Waals surface area contributed by atoms with Gasteiger partial charge in [0.15, 0.2) is 12.2 Å². The maximum Gasteiger partial charge on any atom is 0.328 e. The number of carbonyl (C=O) groups excluding carboxylic acids is 2. The van der Waals surface area contributed by atoms with Crippen LogP contribution in [0.3, 0.4) is 0 Å². The Morgan fingerprint density at radius 3 is 2.50 bits per heavy atom. The molecule has 30 heavy (non-hydrogen) atoms. The van der Waals surface area contributed by atoms with Gasteiger partial charge in [0.05, 0.1) is 19.8 Å². The van der Waals surface area contributed by atoms with Crippen LogP contribution in [0.1, 0.15) is 20.8 Å². The van der Waals surface area contributed by atoms with Crippen molar-refractivity contribution in [1.29, 1.82) is 0 Å². The number of benzene rings is 1. The number of imide groups is 1. The quantitative estimate of drug-likeness (QED) is 0.637. The van der Waals surface area contributed by atoms with Crippen LogP contribution in [-0.2, 0) is 9.53 Å². The van der Waals surface area contributed by atoms with Crippen LogP contribution in [0, 0.1) is 0 Å². The molecule has 3 aliphatic heterocycles. The van der Waals surface area contributed by atoms with Gasteiger partial charge in [-0.05, 0) is 45.0 Å². The van der Waals surface area contributed by atoms with Crippen molar-refractivity contribution < 1.29 is 19.1 Å². The van der Waals surface area contributed by atoms with Gasteiger partial charge in [-0.15, -0.1) is 0 Å². The molecule has 1 aromatic rings. The van der Waals surface area contributed by atoms with Gasteiger partial charge in [0.2, 0.25) is 5.96 Å². The topological polar surface area (TPSA) is 77.9 Å². The molecule has 0 N–H and O–H groups in total. The number of hydrogen-bond donors (Lipinski definition) is 0. The summed E-state index contributed by atoms with van der Waals surface area (Å²) in [5.74, 6) is 1.19. The molecule has 0 aromatic heterocycles. The number of carbonyl (C=O) groups is 2.